The van der Waals surface area contributed by atoms with Gasteiger partial charge in [0.1, 0.15) is 5.82 Å². The first-order valence-corrected chi connectivity index (χ1v) is 11.5. The molecule has 12 heteroatoms. The average Bonchev–Trinajstić information content (AvgIpc) is 2.88. The molecule has 0 saturated heterocycles. The molecular weight excluding hydrogens is 481 g/mol. The van der Waals surface area contributed by atoms with Crippen LogP contribution in [0.5, 0.6) is 5.88 Å². The lowest BCUT2D eigenvalue weighted by Crippen LogP contribution is -2.37. The van der Waals surface area contributed by atoms with Crippen LogP contribution in [-0.4, -0.2) is 70.6 Å². The van der Waals surface area contributed by atoms with Crippen molar-refractivity contribution in [1.82, 2.24) is 25.3 Å². The Bertz CT molecular complexity index is 1330. The minimum atomic E-state index is -0.497. The molecule has 0 unspecified atom stereocenters. The van der Waals surface area contributed by atoms with E-state index in [2.05, 4.69) is 20.4 Å². The Balaban J connectivity index is 1.71. The third-order valence-corrected chi connectivity index (χ3v) is 5.90. The van der Waals surface area contributed by atoms with Gasteiger partial charge in [-0.3, -0.25) is 14.6 Å². The highest BCUT2D eigenvalue weighted by Crippen LogP contribution is 2.36. The number of fused-ring (bicyclic) bond motifs is 1. The summed E-state index contributed by atoms with van der Waals surface area (Å²) < 4.78 is 19.6. The fourth-order valence-corrected chi connectivity index (χ4v) is 4.09. The van der Waals surface area contributed by atoms with Gasteiger partial charge in [-0.2, -0.15) is 0 Å². The Morgan fingerprint density at radius 3 is 2.84 bits per heavy atom. The summed E-state index contributed by atoms with van der Waals surface area (Å²) in [6.07, 6.45) is 0.370. The van der Waals surface area contributed by atoms with Crippen molar-refractivity contribution in [3.05, 3.63) is 64.7 Å². The summed E-state index contributed by atoms with van der Waals surface area (Å²) in [4.78, 5) is 37.0. The molecule has 0 aliphatic carbocycles. The van der Waals surface area contributed by atoms with Gasteiger partial charge in [-0.1, -0.05) is 12.1 Å². The van der Waals surface area contributed by atoms with Crippen LogP contribution >= 0.6 is 0 Å². The summed E-state index contributed by atoms with van der Waals surface area (Å²) in [5.41, 5.74) is 12.3. The molecule has 1 aliphatic heterocycles. The maximum Gasteiger partial charge on any atom is 0.251 e. The highest BCUT2D eigenvalue weighted by molar-refractivity contribution is 6.01. The number of hydrogen-bond acceptors (Lipinski definition) is 10. The van der Waals surface area contributed by atoms with Crippen LogP contribution in [0.4, 0.5) is 10.3 Å². The first-order valence-electron chi connectivity index (χ1n) is 11.5. The highest BCUT2D eigenvalue weighted by Gasteiger charge is 2.29. The molecule has 0 spiro atoms. The van der Waals surface area contributed by atoms with Crippen LogP contribution in [0.2, 0.25) is 0 Å². The predicted octanol–water partition coefficient (Wildman–Crippen LogP) is 1.59. The Morgan fingerprint density at radius 1 is 1.27 bits per heavy atom. The van der Waals surface area contributed by atoms with Crippen molar-refractivity contribution in [3.63, 3.8) is 0 Å². The van der Waals surface area contributed by atoms with Gasteiger partial charge in [0.25, 0.3) is 5.91 Å². The lowest BCUT2D eigenvalue weighted by molar-refractivity contribution is -0.136. The zero-order valence-electron chi connectivity index (χ0n) is 20.7. The second-order valence-electron chi connectivity index (χ2n) is 8.41. The maximum atomic E-state index is 14.4. The van der Waals surface area contributed by atoms with E-state index >= 15 is 0 Å². The second-order valence-corrected chi connectivity index (χ2v) is 8.41. The number of likely N-dealkylation sites (N-methyl/N-ethyl adjacent to an activating group) is 1. The van der Waals surface area contributed by atoms with Crippen molar-refractivity contribution in [2.24, 2.45) is 4.99 Å². The van der Waals surface area contributed by atoms with Gasteiger partial charge in [0.05, 0.1) is 42.4 Å². The zero-order chi connectivity index (χ0) is 26.5. The molecule has 37 heavy (non-hydrogen) atoms. The van der Waals surface area contributed by atoms with Gasteiger partial charge in [-0.05, 0) is 30.7 Å². The normalized spacial score (nSPS) is 14.5. The van der Waals surface area contributed by atoms with Crippen molar-refractivity contribution in [1.29, 1.82) is 0 Å². The first kappa shape index (κ1) is 25.9. The number of aliphatic hydroxyl groups excluding tert-OH is 1. The minimum Gasteiger partial charge on any atom is -0.481 e. The minimum absolute atomic E-state index is 0.117. The summed E-state index contributed by atoms with van der Waals surface area (Å²) in [6.45, 7) is 1.52. The Labute approximate surface area is 213 Å². The molecule has 1 aliphatic rings. The van der Waals surface area contributed by atoms with E-state index in [1.807, 2.05) is 0 Å². The Kier molecular flexibility index (Phi) is 7.89. The summed E-state index contributed by atoms with van der Waals surface area (Å²) in [6, 6.07) is 9.18. The summed E-state index contributed by atoms with van der Waals surface area (Å²) in [7, 11) is 3.08. The van der Waals surface area contributed by atoms with Gasteiger partial charge in [0.15, 0.2) is 12.4 Å². The first-order chi connectivity index (χ1) is 17.8. The molecule has 0 radical (unpaired) electrons. The summed E-state index contributed by atoms with van der Waals surface area (Å²) in [5.74, 6) is 0.0815. The number of rotatable bonds is 8. The SMILES string of the molecule is COc1cccc(-c2cc(F)ccc2[C@H]2Cc3nc(N)nc(C)c3C(NOCC(=O)N(C)CCO)=N2)n1. The van der Waals surface area contributed by atoms with Crippen molar-refractivity contribution in [2.45, 2.75) is 19.4 Å². The molecule has 194 valence electrons. The summed E-state index contributed by atoms with van der Waals surface area (Å²) in [5, 5.41) is 9.04. The smallest absolute Gasteiger partial charge is 0.251 e. The number of halogens is 1. The van der Waals surface area contributed by atoms with Crippen LogP contribution in [0.1, 0.15) is 28.6 Å². The lowest BCUT2D eigenvalue weighted by atomic mass is 9.91. The number of aliphatic imine (C=N–C) groups is 1. The molecule has 1 amide bonds. The molecule has 0 fully saturated rings. The number of aliphatic hydroxyl groups is 1. The van der Waals surface area contributed by atoms with Crippen LogP contribution in [0.15, 0.2) is 41.4 Å². The Hall–Kier alpha value is -4.16. The summed E-state index contributed by atoms with van der Waals surface area (Å²) >= 11 is 0. The molecule has 1 atom stereocenters. The molecule has 2 aromatic heterocycles. The van der Waals surface area contributed by atoms with E-state index in [1.54, 1.807) is 38.2 Å². The second kappa shape index (κ2) is 11.3. The number of pyridine rings is 1. The molecule has 0 saturated carbocycles. The van der Waals surface area contributed by atoms with Crippen molar-refractivity contribution in [2.75, 3.05) is 39.6 Å². The average molecular weight is 510 g/mol. The van der Waals surface area contributed by atoms with Crippen LogP contribution in [0.25, 0.3) is 11.3 Å². The zero-order valence-corrected chi connectivity index (χ0v) is 20.7. The van der Waals surface area contributed by atoms with E-state index in [9.17, 15) is 9.18 Å². The lowest BCUT2D eigenvalue weighted by Gasteiger charge is -2.26. The number of amidine groups is 1. The number of carbonyl (C=O) groups is 1. The van der Waals surface area contributed by atoms with E-state index < -0.39 is 11.9 Å². The van der Waals surface area contributed by atoms with Crippen molar-refractivity contribution < 1.29 is 23.9 Å². The number of benzene rings is 1. The van der Waals surface area contributed by atoms with E-state index in [4.69, 9.17) is 25.4 Å². The number of nitrogen functional groups attached to an aromatic ring is 1. The number of methoxy groups -OCH3 is 1. The molecule has 1 aromatic carbocycles. The van der Waals surface area contributed by atoms with Crippen LogP contribution in [0, 0.1) is 12.7 Å². The molecule has 4 rings (SSSR count). The van der Waals surface area contributed by atoms with E-state index in [0.717, 1.165) is 0 Å². The molecule has 4 N–H and O–H groups in total. The van der Waals surface area contributed by atoms with E-state index in [1.165, 1.54) is 24.1 Å². The van der Waals surface area contributed by atoms with Gasteiger partial charge in [-0.15, -0.1) is 0 Å². The largest absolute Gasteiger partial charge is 0.481 e. The number of aromatic nitrogens is 3. The molecule has 11 nitrogen and oxygen atoms in total. The van der Waals surface area contributed by atoms with Crippen molar-refractivity contribution in [3.8, 4) is 17.1 Å². The number of carbonyl (C=O) groups excluding carboxylic acids is 1. The van der Waals surface area contributed by atoms with Crippen LogP contribution in [0.3, 0.4) is 0 Å². The quantitative estimate of drug-likeness (QED) is 0.385. The number of ether oxygens (including phenoxy) is 1. The topological polar surface area (TPSA) is 148 Å². The Morgan fingerprint density at radius 2 is 2.08 bits per heavy atom. The fourth-order valence-electron chi connectivity index (χ4n) is 4.09. The van der Waals surface area contributed by atoms with Crippen LogP contribution in [-0.2, 0) is 16.1 Å². The highest BCUT2D eigenvalue weighted by atomic mass is 19.1. The molecule has 3 aromatic rings. The number of nitrogens with two attached hydrogens (primary N) is 1. The molecular formula is C25H28FN7O4. The fraction of sp³-hybridized carbons (Fsp3) is 0.320. The molecule has 0 bridgehead atoms. The third kappa shape index (κ3) is 5.81. The monoisotopic (exact) mass is 509 g/mol. The number of nitrogens with zero attached hydrogens (tertiary/aromatic N) is 5. The maximum absolute atomic E-state index is 14.4. The number of hydroxylamine groups is 1. The van der Waals surface area contributed by atoms with E-state index in [0.29, 0.717) is 51.9 Å². The number of nitrogens with one attached hydrogen (secondary N) is 1. The van der Waals surface area contributed by atoms with Gasteiger partial charge >= 0.3 is 0 Å². The van der Waals surface area contributed by atoms with Gasteiger partial charge in [0, 0.05) is 31.6 Å². The van der Waals surface area contributed by atoms with Crippen molar-refractivity contribution >= 4 is 17.7 Å². The number of amides is 1. The van der Waals surface area contributed by atoms with Gasteiger partial charge in [0.2, 0.25) is 11.8 Å². The number of aryl methyl sites for hydroxylation is 1. The third-order valence-electron chi connectivity index (χ3n) is 5.90. The van der Waals surface area contributed by atoms with E-state index in [-0.39, 0.29) is 31.6 Å². The van der Waals surface area contributed by atoms with Gasteiger partial charge in [-0.25, -0.2) is 24.8 Å². The number of anilines is 1. The van der Waals surface area contributed by atoms with Gasteiger partial charge < -0.3 is 20.5 Å². The standard InChI is InChI=1S/C25H28FN7O4/c1-14-23-20(31-25(27)28-14)12-19(30-24(23)32-37-13-22(35)33(2)9-10-34)16-8-7-15(26)11-17(16)18-5-4-6-21(29-18)36-3/h4-8,11,19,34H,9-10,12-13H2,1-3H3,(H,30,32)(H2,27,28,31)/t19-/m1/s1. The van der Waals surface area contributed by atoms with Crippen LogP contribution < -0.4 is 16.0 Å². The molecule has 3 heterocycles. The number of hydrogen-bond donors (Lipinski definition) is 3. The predicted molar refractivity (Wildman–Crippen MR) is 134 cm³/mol.